The summed E-state index contributed by atoms with van der Waals surface area (Å²) in [7, 11) is 2.12. The SMILES string of the molecule is CN1CCCc2cc(CNC(=O)c3ccc4c(c3)NC(=O)CS4)ccc21. The number of nitrogens with zero attached hydrogens (tertiary/aromatic N) is 1. The average Bonchev–Trinajstić information content (AvgIpc) is 2.65. The van der Waals surface area contributed by atoms with Crippen LogP contribution in [0.1, 0.15) is 27.9 Å². The predicted octanol–water partition coefficient (Wildman–Crippen LogP) is 3.04. The Balaban J connectivity index is 1.44. The van der Waals surface area contributed by atoms with E-state index >= 15 is 0 Å². The molecule has 2 heterocycles. The summed E-state index contributed by atoms with van der Waals surface area (Å²) in [5.74, 6) is 0.262. The molecule has 2 N–H and O–H groups in total. The number of hydrogen-bond acceptors (Lipinski definition) is 4. The number of thioether (sulfide) groups is 1. The molecule has 0 aliphatic carbocycles. The minimum atomic E-state index is -0.132. The molecule has 0 fully saturated rings. The lowest BCUT2D eigenvalue weighted by molar-refractivity contribution is -0.113. The number of aryl methyl sites for hydroxylation is 1. The molecular formula is C20H21N3O2S. The number of rotatable bonds is 3. The zero-order valence-corrected chi connectivity index (χ0v) is 15.5. The number of carbonyl (C=O) groups is 2. The van der Waals surface area contributed by atoms with Crippen LogP contribution in [0.15, 0.2) is 41.3 Å². The lowest BCUT2D eigenvalue weighted by Gasteiger charge is -2.27. The van der Waals surface area contributed by atoms with E-state index in [1.165, 1.54) is 23.0 Å². The zero-order valence-electron chi connectivity index (χ0n) is 14.7. The van der Waals surface area contributed by atoms with E-state index in [0.717, 1.165) is 35.5 Å². The van der Waals surface area contributed by atoms with Crippen LogP contribution in [-0.4, -0.2) is 31.2 Å². The third kappa shape index (κ3) is 3.42. The second-order valence-corrected chi connectivity index (χ2v) is 7.74. The molecule has 5 nitrogen and oxygen atoms in total. The summed E-state index contributed by atoms with van der Waals surface area (Å²) >= 11 is 1.49. The Kier molecular flexibility index (Phi) is 4.59. The molecule has 4 rings (SSSR count). The van der Waals surface area contributed by atoms with Gasteiger partial charge in [0.2, 0.25) is 5.91 Å². The topological polar surface area (TPSA) is 61.4 Å². The van der Waals surface area contributed by atoms with Crippen molar-refractivity contribution in [3.63, 3.8) is 0 Å². The first-order valence-corrected chi connectivity index (χ1v) is 9.76. The fourth-order valence-corrected chi connectivity index (χ4v) is 4.25. The van der Waals surface area contributed by atoms with Crippen LogP contribution in [0.2, 0.25) is 0 Å². The maximum atomic E-state index is 12.5. The zero-order chi connectivity index (χ0) is 18.1. The van der Waals surface area contributed by atoms with Crippen molar-refractivity contribution in [2.45, 2.75) is 24.3 Å². The smallest absolute Gasteiger partial charge is 0.251 e. The van der Waals surface area contributed by atoms with E-state index in [1.807, 2.05) is 6.07 Å². The van der Waals surface area contributed by atoms with Gasteiger partial charge in [-0.2, -0.15) is 0 Å². The third-order valence-electron chi connectivity index (χ3n) is 4.82. The molecule has 0 spiro atoms. The Labute approximate surface area is 157 Å². The number of carbonyl (C=O) groups excluding carboxylic acids is 2. The van der Waals surface area contributed by atoms with E-state index in [9.17, 15) is 9.59 Å². The third-order valence-corrected chi connectivity index (χ3v) is 5.90. The normalized spacial score (nSPS) is 15.7. The van der Waals surface area contributed by atoms with Crippen molar-refractivity contribution in [1.82, 2.24) is 5.32 Å². The highest BCUT2D eigenvalue weighted by Gasteiger charge is 2.18. The van der Waals surface area contributed by atoms with Gasteiger partial charge in [0.25, 0.3) is 5.91 Å². The number of hydrogen-bond donors (Lipinski definition) is 2. The van der Waals surface area contributed by atoms with Crippen molar-refractivity contribution in [1.29, 1.82) is 0 Å². The molecule has 2 aliphatic rings. The number of benzene rings is 2. The highest BCUT2D eigenvalue weighted by Crippen LogP contribution is 2.32. The molecule has 0 unspecified atom stereocenters. The largest absolute Gasteiger partial charge is 0.374 e. The summed E-state index contributed by atoms with van der Waals surface area (Å²) in [6.07, 6.45) is 2.25. The van der Waals surface area contributed by atoms with Crippen molar-refractivity contribution in [2.24, 2.45) is 0 Å². The maximum Gasteiger partial charge on any atom is 0.251 e. The van der Waals surface area contributed by atoms with Crippen LogP contribution in [0.5, 0.6) is 0 Å². The van der Waals surface area contributed by atoms with E-state index in [0.29, 0.717) is 17.9 Å². The van der Waals surface area contributed by atoms with Crippen LogP contribution in [0, 0.1) is 0 Å². The molecule has 0 bridgehead atoms. The van der Waals surface area contributed by atoms with Crippen LogP contribution < -0.4 is 15.5 Å². The average molecular weight is 367 g/mol. The van der Waals surface area contributed by atoms with Gasteiger partial charge in [-0.25, -0.2) is 0 Å². The summed E-state index contributed by atoms with van der Waals surface area (Å²) in [4.78, 5) is 27.3. The molecule has 26 heavy (non-hydrogen) atoms. The lowest BCUT2D eigenvalue weighted by Crippen LogP contribution is -2.26. The molecule has 6 heteroatoms. The monoisotopic (exact) mass is 367 g/mol. The Morgan fingerprint density at radius 3 is 3.04 bits per heavy atom. The van der Waals surface area contributed by atoms with E-state index in [4.69, 9.17) is 0 Å². The molecule has 2 aromatic carbocycles. The van der Waals surface area contributed by atoms with Crippen LogP contribution in [0.4, 0.5) is 11.4 Å². The summed E-state index contributed by atoms with van der Waals surface area (Å²) < 4.78 is 0. The minimum Gasteiger partial charge on any atom is -0.374 e. The quantitative estimate of drug-likeness (QED) is 0.875. The second kappa shape index (κ2) is 7.03. The first-order chi connectivity index (χ1) is 12.6. The minimum absolute atomic E-state index is 0.0286. The van der Waals surface area contributed by atoms with Crippen molar-refractivity contribution in [2.75, 3.05) is 29.6 Å². The van der Waals surface area contributed by atoms with Crippen LogP contribution >= 0.6 is 11.8 Å². The van der Waals surface area contributed by atoms with Crippen LogP contribution in [0.25, 0.3) is 0 Å². The molecule has 0 atom stereocenters. The number of amides is 2. The van der Waals surface area contributed by atoms with Gasteiger partial charge in [-0.15, -0.1) is 11.8 Å². The number of nitrogens with one attached hydrogen (secondary N) is 2. The summed E-state index contributed by atoms with van der Waals surface area (Å²) in [5.41, 5.74) is 5.02. The Hall–Kier alpha value is -2.47. The summed E-state index contributed by atoms with van der Waals surface area (Å²) in [5, 5.41) is 5.80. The first-order valence-electron chi connectivity index (χ1n) is 8.78. The summed E-state index contributed by atoms with van der Waals surface area (Å²) in [6, 6.07) is 11.8. The maximum absolute atomic E-state index is 12.5. The fourth-order valence-electron chi connectivity index (χ4n) is 3.46. The van der Waals surface area contributed by atoms with E-state index in [1.54, 1.807) is 12.1 Å². The Bertz CT molecular complexity index is 881. The number of anilines is 2. The second-order valence-electron chi connectivity index (χ2n) is 6.72. The highest BCUT2D eigenvalue weighted by atomic mass is 32.2. The van der Waals surface area contributed by atoms with E-state index < -0.39 is 0 Å². The molecule has 2 aliphatic heterocycles. The predicted molar refractivity (Wildman–Crippen MR) is 105 cm³/mol. The van der Waals surface area contributed by atoms with Gasteiger partial charge in [0.15, 0.2) is 0 Å². The van der Waals surface area contributed by atoms with Crippen molar-refractivity contribution >= 4 is 35.0 Å². The summed E-state index contributed by atoms with van der Waals surface area (Å²) in [6.45, 7) is 1.59. The molecule has 2 amide bonds. The van der Waals surface area contributed by atoms with Crippen LogP contribution in [0.3, 0.4) is 0 Å². The number of fused-ring (bicyclic) bond motifs is 2. The van der Waals surface area contributed by atoms with Gasteiger partial charge < -0.3 is 15.5 Å². The van der Waals surface area contributed by atoms with Gasteiger partial charge in [0.05, 0.1) is 11.4 Å². The molecule has 0 saturated heterocycles. The van der Waals surface area contributed by atoms with Gasteiger partial charge in [-0.3, -0.25) is 9.59 Å². The lowest BCUT2D eigenvalue weighted by atomic mass is 9.99. The van der Waals surface area contributed by atoms with Gasteiger partial charge in [-0.1, -0.05) is 12.1 Å². The molecule has 0 aromatic heterocycles. The van der Waals surface area contributed by atoms with Crippen molar-refractivity contribution in [3.8, 4) is 0 Å². The molecule has 0 saturated carbocycles. The highest BCUT2D eigenvalue weighted by molar-refractivity contribution is 8.00. The standard InChI is InChI=1S/C20H21N3O2S/c1-23-8-2-3-14-9-13(4-6-17(14)23)11-21-20(25)15-5-7-18-16(10-15)22-19(24)12-26-18/h4-7,9-10H,2-3,8,11-12H2,1H3,(H,21,25)(H,22,24). The van der Waals surface area contributed by atoms with E-state index in [-0.39, 0.29) is 11.8 Å². The Morgan fingerprint density at radius 2 is 2.15 bits per heavy atom. The molecule has 134 valence electrons. The molecule has 2 aromatic rings. The molecular weight excluding hydrogens is 346 g/mol. The first kappa shape index (κ1) is 17.0. The fraction of sp³-hybridized carbons (Fsp3) is 0.300. The van der Waals surface area contributed by atoms with Crippen LogP contribution in [-0.2, 0) is 17.8 Å². The van der Waals surface area contributed by atoms with Crippen molar-refractivity contribution < 1.29 is 9.59 Å². The molecule has 0 radical (unpaired) electrons. The van der Waals surface area contributed by atoms with Gasteiger partial charge in [-0.05, 0) is 48.2 Å². The van der Waals surface area contributed by atoms with Gasteiger partial charge in [0.1, 0.15) is 0 Å². The van der Waals surface area contributed by atoms with Gasteiger partial charge in [0, 0.05) is 36.3 Å². The van der Waals surface area contributed by atoms with Crippen molar-refractivity contribution in [3.05, 3.63) is 53.1 Å². The van der Waals surface area contributed by atoms with Gasteiger partial charge >= 0.3 is 0 Å². The Morgan fingerprint density at radius 1 is 1.27 bits per heavy atom. The van der Waals surface area contributed by atoms with E-state index in [2.05, 4.69) is 40.8 Å².